The lowest BCUT2D eigenvalue weighted by Gasteiger charge is -2.62. The minimum absolute atomic E-state index is 0.0151. The largest absolute Gasteiger partial charge is 0.397 e. The molecule has 9 heteroatoms. The maximum absolute atomic E-state index is 11.8. The molecule has 0 amide bonds. The molecule has 0 bridgehead atoms. The first kappa shape index (κ1) is 34.6. The summed E-state index contributed by atoms with van der Waals surface area (Å²) in [4.78, 5) is 0. The molecule has 0 aromatic rings. The number of nitrogens with two attached hydrogens (primary N) is 1. The first-order valence-electron chi connectivity index (χ1n) is 17.3. The van der Waals surface area contributed by atoms with Crippen LogP contribution in [0.5, 0.6) is 0 Å². The van der Waals surface area contributed by atoms with E-state index in [-0.39, 0.29) is 17.4 Å². The zero-order valence-corrected chi connectivity index (χ0v) is 28.0. The molecular formula is C33H63N3O5S. The maximum atomic E-state index is 11.8. The fraction of sp³-hybridized carbons (Fsp3) is 1.00. The Kier molecular flexibility index (Phi) is 11.9. The van der Waals surface area contributed by atoms with Gasteiger partial charge in [-0.3, -0.25) is 4.55 Å². The summed E-state index contributed by atoms with van der Waals surface area (Å²) in [5.41, 5.74) is 6.13. The Balaban J connectivity index is 1.34. The van der Waals surface area contributed by atoms with Crippen LogP contribution >= 0.6 is 0 Å². The topological polar surface area (TPSA) is 134 Å². The lowest BCUT2D eigenvalue weighted by molar-refractivity contribution is -0.167. The quantitative estimate of drug-likeness (QED) is 0.126. The van der Waals surface area contributed by atoms with E-state index in [0.29, 0.717) is 53.4 Å². The van der Waals surface area contributed by atoms with Gasteiger partial charge in [-0.25, -0.2) is 4.18 Å². The molecule has 4 aliphatic rings. The highest BCUT2D eigenvalue weighted by Crippen LogP contribution is 2.68. The smallest absolute Gasteiger partial charge is 0.393 e. The second-order valence-corrected chi connectivity index (χ2v) is 16.6. The van der Waals surface area contributed by atoms with Gasteiger partial charge in [0.1, 0.15) is 0 Å². The highest BCUT2D eigenvalue weighted by atomic mass is 32.3. The summed E-state index contributed by atoms with van der Waals surface area (Å²) in [5, 5.41) is 19.1. The number of aliphatic hydroxyl groups is 1. The average Bonchev–Trinajstić information content (AvgIpc) is 3.27. The van der Waals surface area contributed by atoms with Gasteiger partial charge in [-0.15, -0.1) is 0 Å². The van der Waals surface area contributed by atoms with Crippen LogP contribution in [0.4, 0.5) is 0 Å². The van der Waals surface area contributed by atoms with Crippen LogP contribution in [0.3, 0.4) is 0 Å². The third kappa shape index (κ3) is 7.73. The number of hydrogen-bond acceptors (Lipinski definition) is 7. The molecule has 4 rings (SSSR count). The second kappa shape index (κ2) is 14.4. The third-order valence-electron chi connectivity index (χ3n) is 12.9. The Morgan fingerprint density at radius 1 is 0.929 bits per heavy atom. The van der Waals surface area contributed by atoms with E-state index >= 15 is 0 Å². The third-order valence-corrected chi connectivity index (χ3v) is 13.4. The molecule has 0 radical (unpaired) electrons. The molecule has 0 aromatic carbocycles. The van der Waals surface area contributed by atoms with Crippen molar-refractivity contribution >= 4 is 10.4 Å². The van der Waals surface area contributed by atoms with E-state index in [1.165, 1.54) is 44.9 Å². The molecule has 246 valence electrons. The van der Waals surface area contributed by atoms with Crippen molar-refractivity contribution in [3.05, 3.63) is 0 Å². The molecule has 11 atom stereocenters. The van der Waals surface area contributed by atoms with E-state index in [4.69, 9.17) is 9.92 Å². The van der Waals surface area contributed by atoms with Gasteiger partial charge in [0.2, 0.25) is 0 Å². The minimum atomic E-state index is -4.45. The molecule has 6 N–H and O–H groups in total. The average molecular weight is 614 g/mol. The fourth-order valence-corrected chi connectivity index (χ4v) is 11.2. The molecule has 0 aliphatic heterocycles. The van der Waals surface area contributed by atoms with Crippen molar-refractivity contribution in [2.75, 3.05) is 26.2 Å². The highest BCUT2D eigenvalue weighted by Gasteiger charge is 2.62. The van der Waals surface area contributed by atoms with Crippen LogP contribution in [0.15, 0.2) is 0 Å². The number of nitrogens with one attached hydrogen (secondary N) is 2. The van der Waals surface area contributed by atoms with Crippen molar-refractivity contribution < 1.29 is 22.3 Å². The van der Waals surface area contributed by atoms with Crippen molar-refractivity contribution in [1.29, 1.82) is 0 Å². The van der Waals surface area contributed by atoms with E-state index in [9.17, 15) is 18.1 Å². The van der Waals surface area contributed by atoms with Gasteiger partial charge in [-0.1, -0.05) is 34.6 Å². The van der Waals surface area contributed by atoms with Gasteiger partial charge in [-0.05, 0) is 155 Å². The Morgan fingerprint density at radius 3 is 2.31 bits per heavy atom. The molecule has 0 aromatic heterocycles. The van der Waals surface area contributed by atoms with Crippen LogP contribution in [-0.4, -0.2) is 62.5 Å². The second-order valence-electron chi connectivity index (χ2n) is 15.6. The highest BCUT2D eigenvalue weighted by molar-refractivity contribution is 7.80. The summed E-state index contributed by atoms with van der Waals surface area (Å²) in [5.74, 6) is 3.21. The summed E-state index contributed by atoms with van der Waals surface area (Å²) in [6.45, 7) is 15.1. The van der Waals surface area contributed by atoms with Crippen LogP contribution in [-0.2, 0) is 14.6 Å². The molecule has 0 saturated heterocycles. The molecule has 4 saturated carbocycles. The van der Waals surface area contributed by atoms with Crippen molar-refractivity contribution in [3.8, 4) is 0 Å². The summed E-state index contributed by atoms with van der Waals surface area (Å²) in [6, 6.07) is 0.570. The van der Waals surface area contributed by atoms with Crippen molar-refractivity contribution in [2.45, 2.75) is 130 Å². The van der Waals surface area contributed by atoms with Gasteiger partial charge >= 0.3 is 10.4 Å². The van der Waals surface area contributed by atoms with E-state index in [1.54, 1.807) is 0 Å². The Morgan fingerprint density at radius 2 is 1.62 bits per heavy atom. The van der Waals surface area contributed by atoms with E-state index in [1.807, 2.05) is 13.8 Å². The van der Waals surface area contributed by atoms with Crippen molar-refractivity contribution in [1.82, 2.24) is 10.6 Å². The van der Waals surface area contributed by atoms with Gasteiger partial charge in [0.05, 0.1) is 12.2 Å². The number of rotatable bonds is 15. The standard InChI is InChI=1S/C33H63N3O5S/c1-22(2)30(41-42(38,39)40)11-8-23(3)26-9-10-27-31-28(13-15-33(26,27)5)32(4)14-12-25(20-24(32)21-29(31)37)36-19-7-18-35-17-6-16-34/h22-31,35-37H,6-21,34H2,1-5H3,(H,38,39,40)/t23-,24-,25+,26-,27+,28+,29-,30-,31+,32+,33-/m1/s1. The van der Waals surface area contributed by atoms with Crippen molar-refractivity contribution in [2.24, 2.45) is 58.0 Å². The van der Waals surface area contributed by atoms with Crippen LogP contribution in [0.1, 0.15) is 112 Å². The fourth-order valence-electron chi connectivity index (χ4n) is 10.5. The normalized spacial score (nSPS) is 39.9. The van der Waals surface area contributed by atoms with Gasteiger partial charge in [-0.2, -0.15) is 8.42 Å². The summed E-state index contributed by atoms with van der Waals surface area (Å²) >= 11 is 0. The molecule has 0 spiro atoms. The first-order chi connectivity index (χ1) is 19.8. The summed E-state index contributed by atoms with van der Waals surface area (Å²) < 4.78 is 37.1. The Labute approximate surface area is 257 Å². The van der Waals surface area contributed by atoms with Gasteiger partial charge in [0.25, 0.3) is 0 Å². The maximum Gasteiger partial charge on any atom is 0.397 e. The lowest BCUT2D eigenvalue weighted by Crippen LogP contribution is -2.59. The van der Waals surface area contributed by atoms with Crippen molar-refractivity contribution in [3.63, 3.8) is 0 Å². The molecule has 42 heavy (non-hydrogen) atoms. The first-order valence-corrected chi connectivity index (χ1v) is 18.6. The molecule has 0 heterocycles. The predicted molar refractivity (Wildman–Crippen MR) is 169 cm³/mol. The monoisotopic (exact) mass is 613 g/mol. The summed E-state index contributed by atoms with van der Waals surface area (Å²) in [6.07, 6.45) is 12.5. The predicted octanol–water partition coefficient (Wildman–Crippen LogP) is 5.16. The van der Waals surface area contributed by atoms with Crippen LogP contribution in [0.2, 0.25) is 0 Å². The SMILES string of the molecule is CC(C)[C@@H](CC[C@@H](C)[C@H]1CC[C@H]2[C@@H]3[C@H](O)C[C@H]4C[C@@H](NCCCNCCCN)CC[C@]4(C)[C@H]3CC[C@]12C)OS(=O)(=O)O. The molecule has 8 nitrogen and oxygen atoms in total. The number of fused-ring (bicyclic) bond motifs is 5. The van der Waals surface area contributed by atoms with E-state index in [0.717, 1.165) is 51.9 Å². The molecule has 4 fully saturated rings. The zero-order chi connectivity index (χ0) is 30.7. The Bertz CT molecular complexity index is 965. The van der Waals surface area contributed by atoms with Crippen LogP contribution < -0.4 is 16.4 Å². The van der Waals surface area contributed by atoms with E-state index < -0.39 is 16.5 Å². The Hall–Kier alpha value is -0.290. The van der Waals surface area contributed by atoms with E-state index in [2.05, 4.69) is 31.4 Å². The van der Waals surface area contributed by atoms with Gasteiger partial charge in [0, 0.05) is 6.04 Å². The number of hydrogen-bond donors (Lipinski definition) is 5. The lowest BCUT2D eigenvalue weighted by atomic mass is 9.43. The molecule has 4 aliphatic carbocycles. The minimum Gasteiger partial charge on any atom is -0.393 e. The summed E-state index contributed by atoms with van der Waals surface area (Å²) in [7, 11) is -4.45. The van der Waals surface area contributed by atoms with Crippen LogP contribution in [0, 0.1) is 52.3 Å². The van der Waals surface area contributed by atoms with Gasteiger partial charge in [0.15, 0.2) is 0 Å². The zero-order valence-electron chi connectivity index (χ0n) is 27.2. The number of aliphatic hydroxyl groups excluding tert-OH is 1. The molecule has 0 unspecified atom stereocenters. The van der Waals surface area contributed by atoms with Gasteiger partial charge < -0.3 is 21.5 Å². The molecular weight excluding hydrogens is 550 g/mol. The van der Waals surface area contributed by atoms with Crippen LogP contribution in [0.25, 0.3) is 0 Å².